The molecule has 252 valence electrons. The summed E-state index contributed by atoms with van der Waals surface area (Å²) in [6.07, 6.45) is 0.851. The normalized spacial score (nSPS) is 22.2. The first kappa shape index (κ1) is 34.4. The second-order valence-electron chi connectivity index (χ2n) is 13.1. The Kier molecular flexibility index (Phi) is 9.75. The third kappa shape index (κ3) is 7.03. The van der Waals surface area contributed by atoms with Crippen molar-refractivity contribution in [3.8, 4) is 22.2 Å². The molecule has 4 atom stereocenters. The summed E-state index contributed by atoms with van der Waals surface area (Å²) in [5.41, 5.74) is -0.0452. The van der Waals surface area contributed by atoms with Crippen molar-refractivity contribution in [3.05, 3.63) is 47.0 Å². The molecule has 0 bridgehead atoms. The Labute approximate surface area is 283 Å². The molecule has 2 fully saturated rings. The molecule has 1 aromatic carbocycles. The lowest BCUT2D eigenvalue weighted by Gasteiger charge is -2.28. The van der Waals surface area contributed by atoms with Crippen LogP contribution in [0.25, 0.3) is 21.6 Å². The number of amides is 2. The van der Waals surface area contributed by atoms with Gasteiger partial charge >= 0.3 is 12.1 Å². The van der Waals surface area contributed by atoms with E-state index in [-0.39, 0.29) is 31.4 Å². The third-order valence-corrected chi connectivity index (χ3v) is 9.42. The molecule has 1 N–H and O–H groups in total. The Hall–Kier alpha value is -3.90. The number of pyridine rings is 1. The third-order valence-electron chi connectivity index (χ3n) is 8.17. The van der Waals surface area contributed by atoms with Crippen LogP contribution in [0, 0.1) is 5.92 Å². The Bertz CT molecular complexity index is 1700. The number of likely N-dealkylation sites (tertiary alicyclic amines) is 1. The van der Waals surface area contributed by atoms with Crippen molar-refractivity contribution in [3.63, 3.8) is 0 Å². The molecule has 1 saturated carbocycles. The number of benzene rings is 1. The number of methoxy groups -OCH3 is 1. The zero-order valence-corrected chi connectivity index (χ0v) is 29.3. The topological polar surface area (TPSA) is 129 Å². The van der Waals surface area contributed by atoms with Crippen LogP contribution in [0.15, 0.2) is 36.2 Å². The highest BCUT2D eigenvalue weighted by Gasteiger charge is 2.62. The van der Waals surface area contributed by atoms with E-state index in [0.29, 0.717) is 44.5 Å². The van der Waals surface area contributed by atoms with Gasteiger partial charge in [-0.05, 0) is 52.2 Å². The summed E-state index contributed by atoms with van der Waals surface area (Å²) >= 11 is 8.22. The first-order valence-corrected chi connectivity index (χ1v) is 16.9. The highest BCUT2D eigenvalue weighted by Crippen LogP contribution is 2.46. The minimum atomic E-state index is -1.22. The van der Waals surface area contributed by atoms with Crippen LogP contribution in [0.2, 0.25) is 5.02 Å². The van der Waals surface area contributed by atoms with Gasteiger partial charge in [-0.25, -0.2) is 19.6 Å². The number of halogens is 1. The lowest BCUT2D eigenvalue weighted by atomic mass is 10.1. The predicted octanol–water partition coefficient (Wildman–Crippen LogP) is 6.52. The number of esters is 1. The predicted molar refractivity (Wildman–Crippen MR) is 180 cm³/mol. The average Bonchev–Trinajstić information content (AvgIpc) is 3.31. The second-order valence-corrected chi connectivity index (χ2v) is 14.3. The molecule has 13 heteroatoms. The smallest absolute Gasteiger partial charge is 0.411 e. The average molecular weight is 685 g/mol. The van der Waals surface area contributed by atoms with Crippen LogP contribution >= 0.6 is 22.9 Å². The molecule has 3 heterocycles. The fraction of sp³-hybridized carbons (Fsp3) is 0.500. The molecule has 47 heavy (non-hydrogen) atoms. The number of fused-ring (bicyclic) bond motifs is 1. The molecule has 1 aliphatic carbocycles. The molecule has 0 unspecified atom stereocenters. The monoisotopic (exact) mass is 684 g/mol. The first-order chi connectivity index (χ1) is 22.2. The van der Waals surface area contributed by atoms with E-state index in [4.69, 9.17) is 40.5 Å². The van der Waals surface area contributed by atoms with E-state index < -0.39 is 41.3 Å². The number of aromatic nitrogens is 2. The first-order valence-electron chi connectivity index (χ1n) is 15.6. The van der Waals surface area contributed by atoms with Gasteiger partial charge in [0.05, 0.1) is 31.5 Å². The van der Waals surface area contributed by atoms with Crippen molar-refractivity contribution in [1.29, 1.82) is 0 Å². The van der Waals surface area contributed by atoms with Crippen molar-refractivity contribution in [2.45, 2.75) is 83.6 Å². The number of nitrogens with zero attached hydrogens (tertiary/aromatic N) is 3. The van der Waals surface area contributed by atoms with E-state index in [2.05, 4.69) is 25.7 Å². The van der Waals surface area contributed by atoms with E-state index in [1.165, 1.54) is 23.3 Å². The molecule has 2 amide bonds. The maximum Gasteiger partial charge on any atom is 0.411 e. The number of nitrogens with one attached hydrogen (secondary N) is 1. The maximum absolute atomic E-state index is 13.9. The molecular formula is C34H41ClN4O7S. The summed E-state index contributed by atoms with van der Waals surface area (Å²) < 4.78 is 23.0. The van der Waals surface area contributed by atoms with Crippen molar-refractivity contribution in [2.75, 3.05) is 20.3 Å². The van der Waals surface area contributed by atoms with Crippen LogP contribution in [-0.4, -0.2) is 76.4 Å². The highest BCUT2D eigenvalue weighted by molar-refractivity contribution is 7.13. The summed E-state index contributed by atoms with van der Waals surface area (Å²) in [6.45, 7) is 15.1. The van der Waals surface area contributed by atoms with Crippen LogP contribution in [0.1, 0.15) is 66.0 Å². The van der Waals surface area contributed by atoms with E-state index in [9.17, 15) is 14.4 Å². The molecule has 3 aromatic rings. The Balaban J connectivity index is 1.49. The highest BCUT2D eigenvalue weighted by atomic mass is 35.5. The fourth-order valence-corrected chi connectivity index (χ4v) is 6.87. The van der Waals surface area contributed by atoms with Gasteiger partial charge in [0, 0.05) is 29.2 Å². The van der Waals surface area contributed by atoms with E-state index in [0.717, 1.165) is 5.69 Å². The number of ether oxygens (including phenoxy) is 4. The van der Waals surface area contributed by atoms with Gasteiger partial charge in [0.2, 0.25) is 5.91 Å². The molecule has 1 saturated heterocycles. The Morgan fingerprint density at radius 3 is 2.57 bits per heavy atom. The quantitative estimate of drug-likeness (QED) is 0.187. The SMILES string of the molecule is C=C[C@@H]1C[C@@]1(NC(=O)[C@@H]1C[C@@H](Oc2cc(-c3nc(C(C)C)cs3)nc3c(Cl)c(OC)ccc23)CN1C(=O)OC(C)(C)C)C(=O)OCC. The molecule has 1 aliphatic heterocycles. The lowest BCUT2D eigenvalue weighted by molar-refractivity contribution is -0.149. The Morgan fingerprint density at radius 1 is 1.23 bits per heavy atom. The summed E-state index contributed by atoms with van der Waals surface area (Å²) in [5.74, 6) is -0.156. The zero-order valence-electron chi connectivity index (χ0n) is 27.7. The molecular weight excluding hydrogens is 644 g/mol. The van der Waals surface area contributed by atoms with Gasteiger partial charge < -0.3 is 24.3 Å². The summed E-state index contributed by atoms with van der Waals surface area (Å²) in [5, 5.41) is 6.53. The molecule has 5 rings (SSSR count). The van der Waals surface area contributed by atoms with Gasteiger partial charge in [-0.1, -0.05) is 31.5 Å². The molecule has 2 aromatic heterocycles. The molecule has 0 spiro atoms. The van der Waals surface area contributed by atoms with Crippen LogP contribution in [0.4, 0.5) is 4.79 Å². The maximum atomic E-state index is 13.9. The zero-order chi connectivity index (χ0) is 34.3. The van der Waals surface area contributed by atoms with Gasteiger partial charge in [0.25, 0.3) is 0 Å². The van der Waals surface area contributed by atoms with Crippen LogP contribution < -0.4 is 14.8 Å². The minimum Gasteiger partial charge on any atom is -0.495 e. The summed E-state index contributed by atoms with van der Waals surface area (Å²) in [4.78, 5) is 51.2. The summed E-state index contributed by atoms with van der Waals surface area (Å²) in [7, 11) is 1.53. The lowest BCUT2D eigenvalue weighted by Crippen LogP contribution is -2.53. The van der Waals surface area contributed by atoms with E-state index >= 15 is 0 Å². The van der Waals surface area contributed by atoms with Crippen LogP contribution in [0.3, 0.4) is 0 Å². The van der Waals surface area contributed by atoms with Gasteiger partial charge in [-0.3, -0.25) is 9.69 Å². The largest absolute Gasteiger partial charge is 0.495 e. The van der Waals surface area contributed by atoms with Gasteiger partial charge in [-0.2, -0.15) is 0 Å². The molecule has 2 aliphatic rings. The second kappa shape index (κ2) is 13.3. The van der Waals surface area contributed by atoms with Crippen LogP contribution in [0.5, 0.6) is 11.5 Å². The number of rotatable bonds is 10. The number of carbonyl (C=O) groups excluding carboxylic acids is 3. The minimum absolute atomic E-state index is 0.0576. The standard InChI is InChI=1S/C34H41ClN4O7S/c1-9-19-15-34(19,31(41)44-10-2)38-29(40)24-13-20(16-39(24)32(42)46-33(5,6)7)45-26-14-22(30-37-23(17-47-30)18(3)4)36-28-21(26)11-12-25(43-8)27(28)35/h9,11-12,14,17-20,24H,1,10,13,15-16H2,2-8H3,(H,38,40)/t19-,20-,24+,34+/m1/s1. The number of thiazole rings is 1. The molecule has 0 radical (unpaired) electrons. The van der Waals surface area contributed by atoms with Crippen molar-refractivity contribution >= 4 is 51.8 Å². The van der Waals surface area contributed by atoms with Crippen molar-refractivity contribution in [1.82, 2.24) is 20.2 Å². The van der Waals surface area contributed by atoms with Gasteiger partial charge in [0.15, 0.2) is 0 Å². The van der Waals surface area contributed by atoms with Crippen molar-refractivity contribution in [2.24, 2.45) is 5.92 Å². The van der Waals surface area contributed by atoms with Gasteiger partial charge in [0.1, 0.15) is 50.5 Å². The molecule has 11 nitrogen and oxygen atoms in total. The number of carbonyl (C=O) groups is 3. The van der Waals surface area contributed by atoms with E-state index in [1.807, 2.05) is 11.4 Å². The van der Waals surface area contributed by atoms with Crippen molar-refractivity contribution < 1.29 is 33.3 Å². The Morgan fingerprint density at radius 2 is 1.98 bits per heavy atom. The number of hydrogen-bond donors (Lipinski definition) is 1. The van der Waals surface area contributed by atoms with Crippen LogP contribution in [-0.2, 0) is 19.1 Å². The van der Waals surface area contributed by atoms with Gasteiger partial charge in [-0.15, -0.1) is 17.9 Å². The fourth-order valence-electron chi connectivity index (χ4n) is 5.64. The number of hydrogen-bond acceptors (Lipinski definition) is 10. The summed E-state index contributed by atoms with van der Waals surface area (Å²) in [6, 6.07) is 4.37. The van der Waals surface area contributed by atoms with E-state index in [1.54, 1.807) is 45.9 Å².